The lowest BCUT2D eigenvalue weighted by Crippen LogP contribution is -2.45. The lowest BCUT2D eigenvalue weighted by Gasteiger charge is -2.41. The minimum absolute atomic E-state index is 0.0217. The number of carbonyl (C=O) groups is 1. The first-order chi connectivity index (χ1) is 12.1. The molecule has 1 atom stereocenters. The monoisotopic (exact) mass is 336 g/mol. The molecule has 0 bridgehead atoms. The number of rotatable bonds is 3. The Hall–Kier alpha value is -2.89. The van der Waals surface area contributed by atoms with Crippen molar-refractivity contribution in [2.24, 2.45) is 0 Å². The van der Waals surface area contributed by atoms with E-state index in [-0.39, 0.29) is 11.9 Å². The largest absolute Gasteiger partial charge is 0.497 e. The van der Waals surface area contributed by atoms with Crippen molar-refractivity contribution in [2.45, 2.75) is 26.3 Å². The SMILES string of the molecule is COc1cccc([C@@H]2CCN2C(=O)c2cnn3c(C)cc(C)nc23)c1. The van der Waals surface area contributed by atoms with E-state index in [9.17, 15) is 4.79 Å². The lowest BCUT2D eigenvalue weighted by molar-refractivity contribution is 0.0461. The van der Waals surface area contributed by atoms with E-state index in [0.717, 1.165) is 35.7 Å². The van der Waals surface area contributed by atoms with Crippen LogP contribution in [-0.4, -0.2) is 39.1 Å². The van der Waals surface area contributed by atoms with E-state index in [1.54, 1.807) is 17.8 Å². The fourth-order valence-electron chi connectivity index (χ4n) is 3.40. The molecule has 1 aromatic carbocycles. The molecule has 3 heterocycles. The van der Waals surface area contributed by atoms with Crippen LogP contribution in [-0.2, 0) is 0 Å². The number of nitrogens with zero attached hydrogens (tertiary/aromatic N) is 4. The molecule has 4 rings (SSSR count). The summed E-state index contributed by atoms with van der Waals surface area (Å²) < 4.78 is 7.02. The average Bonchev–Trinajstić information content (AvgIpc) is 2.98. The zero-order valence-electron chi connectivity index (χ0n) is 14.6. The van der Waals surface area contributed by atoms with Gasteiger partial charge in [-0.1, -0.05) is 12.1 Å². The van der Waals surface area contributed by atoms with Crippen LogP contribution in [0, 0.1) is 13.8 Å². The lowest BCUT2D eigenvalue weighted by atomic mass is 9.94. The number of carbonyl (C=O) groups excluding carboxylic acids is 1. The minimum Gasteiger partial charge on any atom is -0.497 e. The fourth-order valence-corrected chi connectivity index (χ4v) is 3.40. The van der Waals surface area contributed by atoms with Crippen molar-refractivity contribution in [1.29, 1.82) is 0 Å². The van der Waals surface area contributed by atoms with Gasteiger partial charge in [0.05, 0.1) is 19.3 Å². The van der Waals surface area contributed by atoms with Gasteiger partial charge in [0.1, 0.15) is 11.3 Å². The summed E-state index contributed by atoms with van der Waals surface area (Å²) in [6.45, 7) is 4.63. The minimum atomic E-state index is -0.0217. The molecule has 0 spiro atoms. The number of ether oxygens (including phenoxy) is 1. The van der Waals surface area contributed by atoms with Crippen molar-refractivity contribution >= 4 is 11.6 Å². The number of fused-ring (bicyclic) bond motifs is 1. The molecule has 0 radical (unpaired) electrons. The van der Waals surface area contributed by atoms with E-state index in [1.807, 2.05) is 49.1 Å². The van der Waals surface area contributed by atoms with Crippen LogP contribution in [0.15, 0.2) is 36.5 Å². The maximum atomic E-state index is 13.1. The molecule has 1 amide bonds. The van der Waals surface area contributed by atoms with E-state index in [4.69, 9.17) is 4.74 Å². The van der Waals surface area contributed by atoms with Crippen molar-refractivity contribution in [3.63, 3.8) is 0 Å². The molecule has 6 heteroatoms. The number of aryl methyl sites for hydroxylation is 2. The maximum absolute atomic E-state index is 13.1. The summed E-state index contributed by atoms with van der Waals surface area (Å²) in [4.78, 5) is 19.5. The molecule has 0 N–H and O–H groups in total. The van der Waals surface area contributed by atoms with Gasteiger partial charge in [-0.05, 0) is 44.0 Å². The standard InChI is InChI=1S/C19H20N4O2/c1-12-9-13(2)23-18(21-12)16(11-20-23)19(24)22-8-7-17(22)14-5-4-6-15(10-14)25-3/h4-6,9-11,17H,7-8H2,1-3H3/t17-/m0/s1. The topological polar surface area (TPSA) is 59.7 Å². The smallest absolute Gasteiger partial charge is 0.259 e. The summed E-state index contributed by atoms with van der Waals surface area (Å²) in [7, 11) is 1.65. The third-order valence-electron chi connectivity index (χ3n) is 4.77. The number of benzene rings is 1. The van der Waals surface area contributed by atoms with Crippen LogP contribution in [0.2, 0.25) is 0 Å². The van der Waals surface area contributed by atoms with Gasteiger partial charge < -0.3 is 9.64 Å². The maximum Gasteiger partial charge on any atom is 0.259 e. The molecule has 25 heavy (non-hydrogen) atoms. The Morgan fingerprint density at radius 3 is 2.84 bits per heavy atom. The quantitative estimate of drug-likeness (QED) is 0.738. The summed E-state index contributed by atoms with van der Waals surface area (Å²) in [5.41, 5.74) is 4.12. The molecule has 1 fully saturated rings. The molecule has 3 aromatic rings. The number of likely N-dealkylation sites (tertiary alicyclic amines) is 1. The normalized spacial score (nSPS) is 16.8. The molecular formula is C19H20N4O2. The molecule has 2 aromatic heterocycles. The van der Waals surface area contributed by atoms with Crippen molar-refractivity contribution in [3.05, 3.63) is 59.0 Å². The number of aromatic nitrogens is 3. The van der Waals surface area contributed by atoms with Crippen molar-refractivity contribution in [3.8, 4) is 5.75 Å². The molecule has 6 nitrogen and oxygen atoms in total. The highest BCUT2D eigenvalue weighted by Crippen LogP contribution is 2.36. The van der Waals surface area contributed by atoms with Crippen molar-refractivity contribution < 1.29 is 9.53 Å². The van der Waals surface area contributed by atoms with Gasteiger partial charge in [0.2, 0.25) is 0 Å². The Bertz CT molecular complexity index is 963. The van der Waals surface area contributed by atoms with E-state index >= 15 is 0 Å². The van der Waals surface area contributed by atoms with E-state index in [0.29, 0.717) is 11.2 Å². The second-order valence-corrected chi connectivity index (χ2v) is 6.41. The van der Waals surface area contributed by atoms with Crippen LogP contribution < -0.4 is 4.74 Å². The molecule has 128 valence electrons. The third kappa shape index (κ3) is 2.54. The van der Waals surface area contributed by atoms with Crippen LogP contribution in [0.4, 0.5) is 0 Å². The molecule has 1 saturated heterocycles. The Morgan fingerprint density at radius 2 is 2.12 bits per heavy atom. The van der Waals surface area contributed by atoms with Gasteiger partial charge in [0.15, 0.2) is 5.65 Å². The van der Waals surface area contributed by atoms with Gasteiger partial charge in [-0.3, -0.25) is 4.79 Å². The Morgan fingerprint density at radius 1 is 1.28 bits per heavy atom. The summed E-state index contributed by atoms with van der Waals surface area (Å²) in [5.74, 6) is 0.785. The Balaban J connectivity index is 1.67. The van der Waals surface area contributed by atoms with Gasteiger partial charge in [-0.2, -0.15) is 5.10 Å². The molecule has 1 aliphatic rings. The van der Waals surface area contributed by atoms with Crippen LogP contribution in [0.25, 0.3) is 5.65 Å². The highest BCUT2D eigenvalue weighted by Gasteiger charge is 2.35. The summed E-state index contributed by atoms with van der Waals surface area (Å²) in [5, 5.41) is 4.33. The second-order valence-electron chi connectivity index (χ2n) is 6.41. The first kappa shape index (κ1) is 15.6. The molecule has 0 saturated carbocycles. The highest BCUT2D eigenvalue weighted by molar-refractivity contribution is 6.00. The van der Waals surface area contributed by atoms with Crippen LogP contribution in [0.3, 0.4) is 0 Å². The molecule has 1 aliphatic heterocycles. The number of methoxy groups -OCH3 is 1. The summed E-state index contributed by atoms with van der Waals surface area (Å²) in [6, 6.07) is 9.93. The number of amides is 1. The third-order valence-corrected chi connectivity index (χ3v) is 4.77. The fraction of sp³-hybridized carbons (Fsp3) is 0.316. The predicted octanol–water partition coefficient (Wildman–Crippen LogP) is 2.94. The molecular weight excluding hydrogens is 316 g/mol. The zero-order valence-corrected chi connectivity index (χ0v) is 14.6. The zero-order chi connectivity index (χ0) is 17.6. The summed E-state index contributed by atoms with van der Waals surface area (Å²) in [6.07, 6.45) is 2.57. The van der Waals surface area contributed by atoms with Crippen LogP contribution in [0.1, 0.15) is 39.8 Å². The van der Waals surface area contributed by atoms with E-state index in [2.05, 4.69) is 10.1 Å². The van der Waals surface area contributed by atoms with Crippen LogP contribution >= 0.6 is 0 Å². The Kier molecular flexibility index (Phi) is 3.67. The van der Waals surface area contributed by atoms with E-state index < -0.39 is 0 Å². The van der Waals surface area contributed by atoms with Gasteiger partial charge >= 0.3 is 0 Å². The predicted molar refractivity (Wildman–Crippen MR) is 93.8 cm³/mol. The molecule has 0 aliphatic carbocycles. The molecule has 0 unspecified atom stereocenters. The van der Waals surface area contributed by atoms with Gasteiger partial charge in [-0.15, -0.1) is 0 Å². The highest BCUT2D eigenvalue weighted by atomic mass is 16.5. The van der Waals surface area contributed by atoms with Crippen molar-refractivity contribution in [1.82, 2.24) is 19.5 Å². The first-order valence-corrected chi connectivity index (χ1v) is 8.35. The van der Waals surface area contributed by atoms with Gasteiger partial charge in [0, 0.05) is 17.9 Å². The van der Waals surface area contributed by atoms with Crippen molar-refractivity contribution in [2.75, 3.05) is 13.7 Å². The second kappa shape index (κ2) is 5.88. The summed E-state index contributed by atoms with van der Waals surface area (Å²) >= 11 is 0. The number of hydrogen-bond acceptors (Lipinski definition) is 4. The van der Waals surface area contributed by atoms with Crippen LogP contribution in [0.5, 0.6) is 5.75 Å². The first-order valence-electron chi connectivity index (χ1n) is 8.35. The Labute approximate surface area is 146 Å². The average molecular weight is 336 g/mol. The van der Waals surface area contributed by atoms with E-state index in [1.165, 1.54) is 0 Å². The van der Waals surface area contributed by atoms with Gasteiger partial charge in [0.25, 0.3) is 5.91 Å². The number of hydrogen-bond donors (Lipinski definition) is 0. The van der Waals surface area contributed by atoms with Gasteiger partial charge in [-0.25, -0.2) is 9.50 Å².